The van der Waals surface area contributed by atoms with Gasteiger partial charge in [-0.05, 0) is 42.5 Å². The molecule has 0 saturated heterocycles. The van der Waals surface area contributed by atoms with Crippen LogP contribution in [0.3, 0.4) is 0 Å². The van der Waals surface area contributed by atoms with Crippen LogP contribution in [0.1, 0.15) is 0 Å². The molecule has 0 amide bonds. The van der Waals surface area contributed by atoms with E-state index in [2.05, 4.69) is 22.5 Å². The Labute approximate surface area is 136 Å². The number of sulfonamides is 1. The molecule has 22 heavy (non-hydrogen) atoms. The Kier molecular flexibility index (Phi) is 4.97. The molecular formula is C15H12BrF2NO2S. The predicted molar refractivity (Wildman–Crippen MR) is 85.2 cm³/mol. The minimum absolute atomic E-state index is 0.104. The van der Waals surface area contributed by atoms with Crippen LogP contribution in [-0.2, 0) is 10.0 Å². The van der Waals surface area contributed by atoms with Gasteiger partial charge in [0.15, 0.2) is 0 Å². The molecule has 0 aromatic heterocycles. The zero-order valence-electron chi connectivity index (χ0n) is 11.3. The van der Waals surface area contributed by atoms with Crippen LogP contribution >= 0.6 is 15.9 Å². The maximum Gasteiger partial charge on any atom is 0.264 e. The summed E-state index contributed by atoms with van der Waals surface area (Å²) in [5, 5.41) is 0. The van der Waals surface area contributed by atoms with Crippen molar-refractivity contribution in [3.8, 4) is 0 Å². The van der Waals surface area contributed by atoms with Crippen molar-refractivity contribution in [2.24, 2.45) is 0 Å². The first kappa shape index (κ1) is 16.6. The second kappa shape index (κ2) is 6.58. The Morgan fingerprint density at radius 1 is 1.14 bits per heavy atom. The number of halogens is 3. The third kappa shape index (κ3) is 3.36. The highest BCUT2D eigenvalue weighted by atomic mass is 79.9. The molecule has 0 spiro atoms. The third-order valence-electron chi connectivity index (χ3n) is 2.87. The van der Waals surface area contributed by atoms with Crippen LogP contribution in [0.2, 0.25) is 0 Å². The van der Waals surface area contributed by atoms with Crippen LogP contribution in [0.25, 0.3) is 0 Å². The quantitative estimate of drug-likeness (QED) is 0.723. The highest BCUT2D eigenvalue weighted by molar-refractivity contribution is 9.10. The van der Waals surface area contributed by atoms with Gasteiger partial charge in [0.05, 0.1) is 17.1 Å². The number of rotatable bonds is 5. The van der Waals surface area contributed by atoms with Gasteiger partial charge in [-0.3, -0.25) is 4.31 Å². The number of hydrogen-bond donors (Lipinski definition) is 0. The van der Waals surface area contributed by atoms with Gasteiger partial charge in [0.1, 0.15) is 11.6 Å². The Morgan fingerprint density at radius 2 is 1.77 bits per heavy atom. The van der Waals surface area contributed by atoms with E-state index in [4.69, 9.17) is 0 Å². The summed E-state index contributed by atoms with van der Waals surface area (Å²) in [6.07, 6.45) is 1.35. The van der Waals surface area contributed by atoms with Crippen molar-refractivity contribution in [3.05, 3.63) is 71.2 Å². The van der Waals surface area contributed by atoms with E-state index in [0.29, 0.717) is 4.47 Å². The van der Waals surface area contributed by atoms with Crippen LogP contribution in [0.4, 0.5) is 14.5 Å². The fourth-order valence-electron chi connectivity index (χ4n) is 1.86. The summed E-state index contributed by atoms with van der Waals surface area (Å²) in [5.41, 5.74) is -0.104. The lowest BCUT2D eigenvalue weighted by Gasteiger charge is -2.23. The predicted octanol–water partition coefficient (Wildman–Crippen LogP) is 4.11. The maximum absolute atomic E-state index is 14.1. The van der Waals surface area contributed by atoms with E-state index in [1.165, 1.54) is 24.3 Å². The Hall–Kier alpha value is -1.73. The minimum atomic E-state index is -4.03. The van der Waals surface area contributed by atoms with Crippen molar-refractivity contribution < 1.29 is 17.2 Å². The lowest BCUT2D eigenvalue weighted by atomic mass is 10.3. The van der Waals surface area contributed by atoms with Gasteiger partial charge in [0, 0.05) is 4.47 Å². The number of nitrogens with zero attached hydrogens (tertiary/aromatic N) is 1. The first-order chi connectivity index (χ1) is 10.4. The number of benzene rings is 2. The van der Waals surface area contributed by atoms with Crippen molar-refractivity contribution in [2.45, 2.75) is 4.90 Å². The molecule has 3 nitrogen and oxygen atoms in total. The largest absolute Gasteiger partial charge is 0.264 e. The van der Waals surface area contributed by atoms with E-state index >= 15 is 0 Å². The summed E-state index contributed by atoms with van der Waals surface area (Å²) >= 11 is 3.12. The van der Waals surface area contributed by atoms with Gasteiger partial charge in [-0.25, -0.2) is 17.2 Å². The van der Waals surface area contributed by atoms with Gasteiger partial charge >= 0.3 is 0 Å². The van der Waals surface area contributed by atoms with Crippen molar-refractivity contribution in [1.29, 1.82) is 0 Å². The fraction of sp³-hybridized carbons (Fsp3) is 0.0667. The molecule has 0 aliphatic heterocycles. The van der Waals surface area contributed by atoms with Crippen molar-refractivity contribution >= 4 is 31.6 Å². The van der Waals surface area contributed by atoms with E-state index in [0.717, 1.165) is 28.6 Å². The highest BCUT2D eigenvalue weighted by Crippen LogP contribution is 2.28. The summed E-state index contributed by atoms with van der Waals surface area (Å²) in [7, 11) is -4.03. The molecule has 0 heterocycles. The normalized spacial score (nSPS) is 11.2. The standard InChI is InChI=1S/C15H12BrF2NO2S/c1-2-9-19(15-8-3-11(16)10-14(15)18)22(20,21)13-6-4-12(17)5-7-13/h2-8,10H,1,9H2. The zero-order valence-corrected chi connectivity index (χ0v) is 13.7. The molecule has 7 heteroatoms. The molecule has 0 fully saturated rings. The monoisotopic (exact) mass is 387 g/mol. The molecule has 0 N–H and O–H groups in total. The summed E-state index contributed by atoms with van der Waals surface area (Å²) in [4.78, 5) is -0.127. The molecule has 0 saturated carbocycles. The molecule has 2 rings (SSSR count). The van der Waals surface area contributed by atoms with E-state index in [-0.39, 0.29) is 17.1 Å². The molecule has 0 aliphatic carbocycles. The molecule has 0 radical (unpaired) electrons. The van der Waals surface area contributed by atoms with Crippen LogP contribution in [0.5, 0.6) is 0 Å². The van der Waals surface area contributed by atoms with Gasteiger partial charge in [0.25, 0.3) is 10.0 Å². The third-order valence-corrected chi connectivity index (χ3v) is 5.16. The molecule has 2 aromatic rings. The molecule has 0 atom stereocenters. The molecular weight excluding hydrogens is 376 g/mol. The fourth-order valence-corrected chi connectivity index (χ4v) is 3.64. The van der Waals surface area contributed by atoms with E-state index in [1.807, 2.05) is 0 Å². The Bertz CT molecular complexity index is 792. The van der Waals surface area contributed by atoms with Crippen LogP contribution in [-0.4, -0.2) is 15.0 Å². The first-order valence-corrected chi connectivity index (χ1v) is 8.44. The average molecular weight is 388 g/mol. The Balaban J connectivity index is 2.55. The Morgan fingerprint density at radius 3 is 2.32 bits per heavy atom. The second-order valence-electron chi connectivity index (χ2n) is 4.37. The van der Waals surface area contributed by atoms with Crippen molar-refractivity contribution in [3.63, 3.8) is 0 Å². The van der Waals surface area contributed by atoms with Gasteiger partial charge < -0.3 is 0 Å². The van der Waals surface area contributed by atoms with Crippen LogP contribution in [0.15, 0.2) is 64.5 Å². The van der Waals surface area contributed by atoms with Crippen LogP contribution < -0.4 is 4.31 Å². The van der Waals surface area contributed by atoms with Gasteiger partial charge in [0.2, 0.25) is 0 Å². The highest BCUT2D eigenvalue weighted by Gasteiger charge is 2.26. The lowest BCUT2D eigenvalue weighted by Crippen LogP contribution is -2.32. The van der Waals surface area contributed by atoms with Crippen LogP contribution in [0, 0.1) is 11.6 Å². The number of anilines is 1. The minimum Gasteiger partial charge on any atom is -0.260 e. The van der Waals surface area contributed by atoms with Gasteiger partial charge in [-0.1, -0.05) is 22.0 Å². The van der Waals surface area contributed by atoms with Crippen molar-refractivity contribution in [2.75, 3.05) is 10.8 Å². The second-order valence-corrected chi connectivity index (χ2v) is 7.15. The van der Waals surface area contributed by atoms with E-state index in [1.54, 1.807) is 0 Å². The maximum atomic E-state index is 14.1. The first-order valence-electron chi connectivity index (χ1n) is 6.20. The van der Waals surface area contributed by atoms with Crippen molar-refractivity contribution in [1.82, 2.24) is 0 Å². The molecule has 2 aromatic carbocycles. The topological polar surface area (TPSA) is 37.4 Å². The lowest BCUT2D eigenvalue weighted by molar-refractivity contribution is 0.586. The molecule has 116 valence electrons. The average Bonchev–Trinajstić information content (AvgIpc) is 2.46. The molecule has 0 bridgehead atoms. The summed E-state index contributed by atoms with van der Waals surface area (Å²) in [5.74, 6) is -1.24. The van der Waals surface area contributed by atoms with Gasteiger partial charge in [-0.2, -0.15) is 0 Å². The SMILES string of the molecule is C=CCN(c1ccc(Br)cc1F)S(=O)(=O)c1ccc(F)cc1. The summed E-state index contributed by atoms with van der Waals surface area (Å²) in [6, 6.07) is 8.41. The summed E-state index contributed by atoms with van der Waals surface area (Å²) < 4.78 is 53.7. The zero-order chi connectivity index (χ0) is 16.3. The van der Waals surface area contributed by atoms with E-state index < -0.39 is 21.7 Å². The van der Waals surface area contributed by atoms with Gasteiger partial charge in [-0.15, -0.1) is 6.58 Å². The molecule has 0 aliphatic rings. The smallest absolute Gasteiger partial charge is 0.260 e. The van der Waals surface area contributed by atoms with E-state index in [9.17, 15) is 17.2 Å². The summed E-state index contributed by atoms with van der Waals surface area (Å²) in [6.45, 7) is 3.38. The molecule has 0 unspecified atom stereocenters. The number of hydrogen-bond acceptors (Lipinski definition) is 2.